The van der Waals surface area contributed by atoms with Crippen LogP contribution in [0, 0.1) is 9.39 Å². The summed E-state index contributed by atoms with van der Waals surface area (Å²) < 4.78 is 18.2. The van der Waals surface area contributed by atoms with Gasteiger partial charge in [-0.15, -0.1) is 0 Å². The Morgan fingerprint density at radius 2 is 2.29 bits per heavy atom. The predicted octanol–water partition coefficient (Wildman–Crippen LogP) is 2.60. The third kappa shape index (κ3) is 3.02. The highest BCUT2D eigenvalue weighted by Crippen LogP contribution is 2.20. The monoisotopic (exact) mass is 346 g/mol. The first-order valence-corrected chi connectivity index (χ1v) is 5.88. The summed E-state index contributed by atoms with van der Waals surface area (Å²) in [5, 5.41) is 6.25. The number of anilines is 1. The summed E-state index contributed by atoms with van der Waals surface area (Å²) in [4.78, 5) is 11.6. The van der Waals surface area contributed by atoms with Gasteiger partial charge in [0.2, 0.25) is 5.91 Å². The Labute approximate surface area is 110 Å². The summed E-state index contributed by atoms with van der Waals surface area (Å²) >= 11 is 1.84. The minimum Gasteiger partial charge on any atom is -0.364 e. The molecular formula is C11H8FIN2O2. The number of nitrogens with one attached hydrogen (secondary N) is 1. The van der Waals surface area contributed by atoms with Crippen molar-refractivity contribution in [3.8, 4) is 0 Å². The molecule has 0 fully saturated rings. The molecule has 1 aromatic carbocycles. The standard InChI is InChI=1S/C11H8FIN2O2/c12-8-2-1-3-9(11(8)13)14-10(16)6-7-4-5-17-15-7/h1-5H,6H2,(H,14,16). The van der Waals surface area contributed by atoms with Gasteiger partial charge in [-0.3, -0.25) is 4.79 Å². The topological polar surface area (TPSA) is 55.1 Å². The first-order chi connectivity index (χ1) is 8.16. The molecule has 1 amide bonds. The largest absolute Gasteiger partial charge is 0.364 e. The summed E-state index contributed by atoms with van der Waals surface area (Å²) in [7, 11) is 0. The first-order valence-electron chi connectivity index (χ1n) is 4.80. The molecule has 0 bridgehead atoms. The molecule has 0 aliphatic heterocycles. The van der Waals surface area contributed by atoms with Gasteiger partial charge < -0.3 is 9.84 Å². The van der Waals surface area contributed by atoms with Gasteiger partial charge in [0.1, 0.15) is 12.1 Å². The Kier molecular flexibility index (Phi) is 3.72. The van der Waals surface area contributed by atoms with E-state index < -0.39 is 0 Å². The number of rotatable bonds is 3. The Balaban J connectivity index is 2.06. The van der Waals surface area contributed by atoms with Gasteiger partial charge in [-0.05, 0) is 34.7 Å². The second kappa shape index (κ2) is 5.26. The molecule has 0 radical (unpaired) electrons. The lowest BCUT2D eigenvalue weighted by atomic mass is 10.2. The van der Waals surface area contributed by atoms with E-state index in [1.807, 2.05) is 22.6 Å². The number of aromatic nitrogens is 1. The van der Waals surface area contributed by atoms with Crippen LogP contribution >= 0.6 is 22.6 Å². The number of benzene rings is 1. The molecule has 4 nitrogen and oxygen atoms in total. The maximum atomic E-state index is 13.2. The maximum Gasteiger partial charge on any atom is 0.230 e. The number of carbonyl (C=O) groups excluding carboxylic acids is 1. The number of amides is 1. The molecule has 1 N–H and O–H groups in total. The van der Waals surface area contributed by atoms with Gasteiger partial charge in [-0.2, -0.15) is 0 Å². The summed E-state index contributed by atoms with van der Waals surface area (Å²) in [5.74, 6) is -0.618. The number of hydrogen-bond donors (Lipinski definition) is 1. The van der Waals surface area contributed by atoms with Crippen molar-refractivity contribution in [1.29, 1.82) is 0 Å². The average Bonchev–Trinajstić information content (AvgIpc) is 2.77. The van der Waals surface area contributed by atoms with E-state index >= 15 is 0 Å². The number of hydrogen-bond acceptors (Lipinski definition) is 3. The van der Waals surface area contributed by atoms with Gasteiger partial charge in [-0.25, -0.2) is 4.39 Å². The highest BCUT2D eigenvalue weighted by molar-refractivity contribution is 14.1. The van der Waals surface area contributed by atoms with Crippen molar-refractivity contribution in [2.75, 3.05) is 5.32 Å². The molecule has 0 saturated heterocycles. The molecule has 2 aromatic rings. The molecule has 88 valence electrons. The van der Waals surface area contributed by atoms with Crippen LogP contribution in [-0.4, -0.2) is 11.1 Å². The normalized spacial score (nSPS) is 10.2. The van der Waals surface area contributed by atoms with Crippen LogP contribution in [0.1, 0.15) is 5.69 Å². The van der Waals surface area contributed by atoms with E-state index in [0.29, 0.717) is 15.0 Å². The lowest BCUT2D eigenvalue weighted by molar-refractivity contribution is -0.115. The maximum absolute atomic E-state index is 13.2. The van der Waals surface area contributed by atoms with Gasteiger partial charge >= 0.3 is 0 Å². The summed E-state index contributed by atoms with van der Waals surface area (Å²) in [6.07, 6.45) is 1.50. The third-order valence-corrected chi connectivity index (χ3v) is 3.15. The van der Waals surface area contributed by atoms with Gasteiger partial charge in [0.15, 0.2) is 0 Å². The highest BCUT2D eigenvalue weighted by atomic mass is 127. The lowest BCUT2D eigenvalue weighted by Gasteiger charge is -2.06. The number of carbonyl (C=O) groups is 1. The minimum atomic E-state index is -0.357. The van der Waals surface area contributed by atoms with Crippen molar-refractivity contribution in [3.63, 3.8) is 0 Å². The second-order valence-corrected chi connectivity index (χ2v) is 4.40. The Hall–Kier alpha value is -1.44. The molecule has 0 aliphatic carbocycles. The van der Waals surface area contributed by atoms with E-state index in [2.05, 4.69) is 15.0 Å². The van der Waals surface area contributed by atoms with Crippen molar-refractivity contribution >= 4 is 34.2 Å². The first kappa shape index (κ1) is 12.0. The Morgan fingerprint density at radius 3 is 3.00 bits per heavy atom. The van der Waals surface area contributed by atoms with Crippen molar-refractivity contribution in [2.45, 2.75) is 6.42 Å². The van der Waals surface area contributed by atoms with Gasteiger partial charge in [-0.1, -0.05) is 11.2 Å². The molecule has 0 aliphatic rings. The zero-order chi connectivity index (χ0) is 12.3. The SMILES string of the molecule is O=C(Cc1ccon1)Nc1cccc(F)c1I. The smallest absolute Gasteiger partial charge is 0.230 e. The zero-order valence-corrected chi connectivity index (χ0v) is 10.8. The number of halogens is 2. The minimum absolute atomic E-state index is 0.100. The highest BCUT2D eigenvalue weighted by Gasteiger charge is 2.10. The van der Waals surface area contributed by atoms with E-state index in [1.54, 1.807) is 18.2 Å². The molecule has 0 saturated carbocycles. The van der Waals surface area contributed by atoms with Gasteiger partial charge in [0.25, 0.3) is 0 Å². The quantitative estimate of drug-likeness (QED) is 0.870. The van der Waals surface area contributed by atoms with Crippen molar-refractivity contribution in [1.82, 2.24) is 5.16 Å². The van der Waals surface area contributed by atoms with Crippen LogP contribution in [0.5, 0.6) is 0 Å². The molecule has 1 aromatic heterocycles. The van der Waals surface area contributed by atoms with Gasteiger partial charge in [0, 0.05) is 6.07 Å². The van der Waals surface area contributed by atoms with E-state index in [0.717, 1.165) is 0 Å². The molecule has 0 spiro atoms. The fourth-order valence-electron chi connectivity index (χ4n) is 1.29. The molecule has 6 heteroatoms. The van der Waals surface area contributed by atoms with Crippen molar-refractivity contribution in [2.24, 2.45) is 0 Å². The Bertz CT molecular complexity index is 528. The van der Waals surface area contributed by atoms with E-state index in [1.165, 1.54) is 12.3 Å². The average molecular weight is 346 g/mol. The van der Waals surface area contributed by atoms with Crippen LogP contribution in [0.15, 0.2) is 35.1 Å². The lowest BCUT2D eigenvalue weighted by Crippen LogP contribution is -2.15. The third-order valence-electron chi connectivity index (χ3n) is 2.06. The van der Waals surface area contributed by atoms with Crippen LogP contribution in [0.25, 0.3) is 0 Å². The fourth-order valence-corrected chi connectivity index (χ4v) is 1.78. The van der Waals surface area contributed by atoms with E-state index in [-0.39, 0.29) is 18.1 Å². The van der Waals surface area contributed by atoms with E-state index in [4.69, 9.17) is 0 Å². The molecule has 17 heavy (non-hydrogen) atoms. The Morgan fingerprint density at radius 1 is 1.47 bits per heavy atom. The van der Waals surface area contributed by atoms with Crippen LogP contribution < -0.4 is 5.32 Å². The summed E-state index contributed by atoms with van der Waals surface area (Å²) in [6.45, 7) is 0. The van der Waals surface area contributed by atoms with Gasteiger partial charge in [0.05, 0.1) is 21.4 Å². The molecule has 2 rings (SSSR count). The van der Waals surface area contributed by atoms with Crippen LogP contribution in [-0.2, 0) is 11.2 Å². The second-order valence-electron chi connectivity index (χ2n) is 3.32. The molecule has 0 unspecified atom stereocenters. The molecule has 0 atom stereocenters. The molecule has 1 heterocycles. The van der Waals surface area contributed by atoms with Crippen molar-refractivity contribution < 1.29 is 13.7 Å². The summed E-state index contributed by atoms with van der Waals surface area (Å²) in [5.41, 5.74) is 0.994. The number of nitrogens with zero attached hydrogens (tertiary/aromatic N) is 1. The van der Waals surface area contributed by atoms with Crippen LogP contribution in [0.3, 0.4) is 0 Å². The summed E-state index contributed by atoms with van der Waals surface area (Å²) in [6, 6.07) is 6.14. The fraction of sp³-hybridized carbons (Fsp3) is 0.0909. The van der Waals surface area contributed by atoms with Crippen LogP contribution in [0.2, 0.25) is 0 Å². The zero-order valence-electron chi connectivity index (χ0n) is 8.61. The predicted molar refractivity (Wildman–Crippen MR) is 68.0 cm³/mol. The molecular weight excluding hydrogens is 338 g/mol. The van der Waals surface area contributed by atoms with E-state index in [9.17, 15) is 9.18 Å². The van der Waals surface area contributed by atoms with Crippen LogP contribution in [0.4, 0.5) is 10.1 Å². The van der Waals surface area contributed by atoms with Crippen molar-refractivity contribution in [3.05, 3.63) is 45.6 Å².